The first-order chi connectivity index (χ1) is 7.50. The lowest BCUT2D eigenvalue weighted by molar-refractivity contribution is 0.814. The Labute approximate surface area is 97.1 Å². The maximum absolute atomic E-state index is 6.01. The standard InChI is InChI=1S/C14H20N2/c1-9(2)11-5-6-14-12(7-11)13(10(3)15)8-16(14)4/h5-10H,15H2,1-4H3. The van der Waals surface area contributed by atoms with Crippen LogP contribution in [-0.2, 0) is 7.05 Å². The van der Waals surface area contributed by atoms with Crippen molar-refractivity contribution in [2.45, 2.75) is 32.7 Å². The van der Waals surface area contributed by atoms with Crippen LogP contribution in [0, 0.1) is 0 Å². The Morgan fingerprint density at radius 2 is 1.88 bits per heavy atom. The van der Waals surface area contributed by atoms with E-state index in [1.807, 2.05) is 6.92 Å². The smallest absolute Gasteiger partial charge is 0.0481 e. The van der Waals surface area contributed by atoms with Crippen molar-refractivity contribution in [2.24, 2.45) is 12.8 Å². The Morgan fingerprint density at radius 3 is 2.44 bits per heavy atom. The summed E-state index contributed by atoms with van der Waals surface area (Å²) in [6, 6.07) is 6.76. The number of benzene rings is 1. The maximum Gasteiger partial charge on any atom is 0.0481 e. The summed E-state index contributed by atoms with van der Waals surface area (Å²) in [4.78, 5) is 0. The van der Waals surface area contributed by atoms with Crippen LogP contribution in [0.2, 0.25) is 0 Å². The van der Waals surface area contributed by atoms with Gasteiger partial charge in [-0.1, -0.05) is 19.9 Å². The number of hydrogen-bond donors (Lipinski definition) is 1. The fraction of sp³-hybridized carbons (Fsp3) is 0.429. The molecule has 2 rings (SSSR count). The SMILES string of the molecule is CC(C)c1ccc2c(c1)c(C(C)N)cn2C. The first-order valence-corrected chi connectivity index (χ1v) is 5.85. The van der Waals surface area contributed by atoms with Crippen molar-refractivity contribution in [1.29, 1.82) is 0 Å². The average Bonchev–Trinajstić information content (AvgIpc) is 2.56. The van der Waals surface area contributed by atoms with Crippen LogP contribution in [0.3, 0.4) is 0 Å². The van der Waals surface area contributed by atoms with Crippen molar-refractivity contribution >= 4 is 10.9 Å². The van der Waals surface area contributed by atoms with Crippen molar-refractivity contribution < 1.29 is 0 Å². The third-order valence-corrected chi connectivity index (χ3v) is 3.20. The predicted molar refractivity (Wildman–Crippen MR) is 69.6 cm³/mol. The minimum Gasteiger partial charge on any atom is -0.350 e. The van der Waals surface area contributed by atoms with Gasteiger partial charge in [0.25, 0.3) is 0 Å². The second-order valence-corrected chi connectivity index (χ2v) is 4.92. The van der Waals surface area contributed by atoms with E-state index in [0.29, 0.717) is 5.92 Å². The van der Waals surface area contributed by atoms with Crippen molar-refractivity contribution in [3.05, 3.63) is 35.5 Å². The number of fused-ring (bicyclic) bond motifs is 1. The summed E-state index contributed by atoms with van der Waals surface area (Å²) in [5.74, 6) is 0.561. The van der Waals surface area contributed by atoms with E-state index in [4.69, 9.17) is 5.73 Å². The first-order valence-electron chi connectivity index (χ1n) is 5.85. The summed E-state index contributed by atoms with van der Waals surface area (Å²) >= 11 is 0. The Balaban J connectivity index is 2.69. The molecule has 16 heavy (non-hydrogen) atoms. The zero-order chi connectivity index (χ0) is 11.9. The van der Waals surface area contributed by atoms with Gasteiger partial charge in [-0.3, -0.25) is 0 Å². The number of aryl methyl sites for hydroxylation is 1. The topological polar surface area (TPSA) is 30.9 Å². The molecule has 1 atom stereocenters. The molecule has 0 amide bonds. The van der Waals surface area contributed by atoms with Gasteiger partial charge in [-0.25, -0.2) is 0 Å². The number of aromatic nitrogens is 1. The molecule has 86 valence electrons. The molecule has 0 bridgehead atoms. The summed E-state index contributed by atoms with van der Waals surface area (Å²) < 4.78 is 2.15. The maximum atomic E-state index is 6.01. The van der Waals surface area contributed by atoms with Crippen LogP contribution in [-0.4, -0.2) is 4.57 Å². The molecule has 0 aliphatic rings. The summed E-state index contributed by atoms with van der Waals surface area (Å²) in [6.45, 7) is 6.47. The molecule has 2 heteroatoms. The molecule has 0 radical (unpaired) electrons. The molecule has 2 nitrogen and oxygen atoms in total. The zero-order valence-corrected chi connectivity index (χ0v) is 10.5. The molecule has 1 aromatic carbocycles. The van der Waals surface area contributed by atoms with E-state index in [0.717, 1.165) is 0 Å². The van der Waals surface area contributed by atoms with Crippen LogP contribution in [0.15, 0.2) is 24.4 Å². The van der Waals surface area contributed by atoms with E-state index in [-0.39, 0.29) is 6.04 Å². The van der Waals surface area contributed by atoms with E-state index < -0.39 is 0 Å². The quantitative estimate of drug-likeness (QED) is 0.820. The number of hydrogen-bond acceptors (Lipinski definition) is 1. The third kappa shape index (κ3) is 1.74. The minimum absolute atomic E-state index is 0.0890. The molecule has 0 spiro atoms. The number of nitrogens with two attached hydrogens (primary N) is 1. The molecule has 2 N–H and O–H groups in total. The van der Waals surface area contributed by atoms with Gasteiger partial charge in [0.15, 0.2) is 0 Å². The summed E-state index contributed by atoms with van der Waals surface area (Å²) in [6.07, 6.45) is 2.14. The molecule has 0 saturated carbocycles. The van der Waals surface area contributed by atoms with Gasteiger partial charge in [0.1, 0.15) is 0 Å². The van der Waals surface area contributed by atoms with Gasteiger partial charge in [0.05, 0.1) is 0 Å². The molecule has 1 aromatic heterocycles. The fourth-order valence-electron chi connectivity index (χ4n) is 2.16. The summed E-state index contributed by atoms with van der Waals surface area (Å²) in [5, 5.41) is 1.30. The van der Waals surface area contributed by atoms with Crippen LogP contribution >= 0.6 is 0 Å². The molecular weight excluding hydrogens is 196 g/mol. The van der Waals surface area contributed by atoms with Crippen LogP contribution in [0.25, 0.3) is 10.9 Å². The lowest BCUT2D eigenvalue weighted by atomic mass is 9.99. The van der Waals surface area contributed by atoms with Gasteiger partial charge in [-0.15, -0.1) is 0 Å². The second-order valence-electron chi connectivity index (χ2n) is 4.92. The molecule has 2 aromatic rings. The molecular formula is C14H20N2. The molecule has 1 unspecified atom stereocenters. The molecule has 0 aliphatic carbocycles. The van der Waals surface area contributed by atoms with Gasteiger partial charge in [-0.2, -0.15) is 0 Å². The fourth-order valence-corrected chi connectivity index (χ4v) is 2.16. The van der Waals surface area contributed by atoms with Crippen molar-refractivity contribution in [2.75, 3.05) is 0 Å². The van der Waals surface area contributed by atoms with E-state index in [2.05, 4.69) is 49.9 Å². The highest BCUT2D eigenvalue weighted by Crippen LogP contribution is 2.28. The summed E-state index contributed by atoms with van der Waals surface area (Å²) in [7, 11) is 2.07. The van der Waals surface area contributed by atoms with Gasteiger partial charge >= 0.3 is 0 Å². The lowest BCUT2D eigenvalue weighted by Crippen LogP contribution is -2.04. The van der Waals surface area contributed by atoms with Crippen LogP contribution < -0.4 is 5.73 Å². The van der Waals surface area contributed by atoms with Gasteiger partial charge < -0.3 is 10.3 Å². The van der Waals surface area contributed by atoms with Crippen molar-refractivity contribution in [1.82, 2.24) is 4.57 Å². The van der Waals surface area contributed by atoms with Crippen molar-refractivity contribution in [3.8, 4) is 0 Å². The minimum atomic E-state index is 0.0890. The molecule has 0 aliphatic heterocycles. The van der Waals surface area contributed by atoms with Crippen molar-refractivity contribution in [3.63, 3.8) is 0 Å². The van der Waals surface area contributed by atoms with Gasteiger partial charge in [0, 0.05) is 30.2 Å². The Kier molecular flexibility index (Phi) is 2.76. The second kappa shape index (κ2) is 3.95. The highest BCUT2D eigenvalue weighted by Gasteiger charge is 2.11. The van der Waals surface area contributed by atoms with E-state index in [1.165, 1.54) is 22.0 Å². The monoisotopic (exact) mass is 216 g/mol. The number of nitrogens with zero attached hydrogens (tertiary/aromatic N) is 1. The highest BCUT2D eigenvalue weighted by molar-refractivity contribution is 5.85. The van der Waals surface area contributed by atoms with E-state index >= 15 is 0 Å². The average molecular weight is 216 g/mol. The van der Waals surface area contributed by atoms with E-state index in [9.17, 15) is 0 Å². The molecule has 0 fully saturated rings. The predicted octanol–water partition coefficient (Wildman–Crippen LogP) is 3.32. The van der Waals surface area contributed by atoms with E-state index in [1.54, 1.807) is 0 Å². The van der Waals surface area contributed by atoms with Gasteiger partial charge in [-0.05, 0) is 36.1 Å². The lowest BCUT2D eigenvalue weighted by Gasteiger charge is -2.07. The number of rotatable bonds is 2. The normalized spacial score (nSPS) is 13.6. The highest BCUT2D eigenvalue weighted by atomic mass is 14.9. The Morgan fingerprint density at radius 1 is 1.19 bits per heavy atom. The van der Waals surface area contributed by atoms with Crippen LogP contribution in [0.1, 0.15) is 43.9 Å². The third-order valence-electron chi connectivity index (χ3n) is 3.20. The van der Waals surface area contributed by atoms with Crippen LogP contribution in [0.5, 0.6) is 0 Å². The largest absolute Gasteiger partial charge is 0.350 e. The molecule has 0 saturated heterocycles. The summed E-state index contributed by atoms with van der Waals surface area (Å²) in [5.41, 5.74) is 9.88. The molecule has 1 heterocycles. The Hall–Kier alpha value is -1.28. The zero-order valence-electron chi connectivity index (χ0n) is 10.5. The van der Waals surface area contributed by atoms with Crippen LogP contribution in [0.4, 0.5) is 0 Å². The van der Waals surface area contributed by atoms with Gasteiger partial charge in [0.2, 0.25) is 0 Å². The Bertz CT molecular complexity index is 507. The first kappa shape index (κ1) is 11.2.